The number of ether oxygens (including phenoxy) is 2. The number of rotatable bonds is 6. The molecule has 0 saturated carbocycles. The Bertz CT molecular complexity index is 1020. The van der Waals surface area contributed by atoms with Crippen LogP contribution in [0.2, 0.25) is 5.02 Å². The van der Waals surface area contributed by atoms with E-state index in [-0.39, 0.29) is 46.0 Å². The van der Waals surface area contributed by atoms with Crippen molar-refractivity contribution >= 4 is 27.3 Å². The molecule has 0 radical (unpaired) electrons. The maximum absolute atomic E-state index is 13.2. The third-order valence-electron chi connectivity index (χ3n) is 4.22. The van der Waals surface area contributed by atoms with Crippen LogP contribution >= 0.6 is 11.6 Å². The zero-order chi connectivity index (χ0) is 21.2. The summed E-state index contributed by atoms with van der Waals surface area (Å²) in [6.45, 7) is 1.32. The summed E-state index contributed by atoms with van der Waals surface area (Å²) in [5.41, 5.74) is -0.512. The normalized spacial score (nSPS) is 15.1. The molecule has 2 N–H and O–H groups in total. The van der Waals surface area contributed by atoms with Crippen molar-refractivity contribution in [2.75, 3.05) is 33.3 Å². The summed E-state index contributed by atoms with van der Waals surface area (Å²) >= 11 is 5.91. The fourth-order valence-corrected chi connectivity index (χ4v) is 4.65. The molecule has 0 unspecified atom stereocenters. The first-order valence-electron chi connectivity index (χ1n) is 8.47. The fourth-order valence-electron chi connectivity index (χ4n) is 2.88. The van der Waals surface area contributed by atoms with Gasteiger partial charge in [-0.05, 0) is 12.1 Å². The Kier molecular flexibility index (Phi) is 6.13. The van der Waals surface area contributed by atoms with Crippen LogP contribution in [0, 0.1) is 10.1 Å². The number of nitro benzene ring substituents is 1. The van der Waals surface area contributed by atoms with Gasteiger partial charge in [-0.25, -0.2) is 8.42 Å². The first-order valence-corrected chi connectivity index (χ1v) is 10.3. The van der Waals surface area contributed by atoms with Gasteiger partial charge in [-0.15, -0.1) is 0 Å². The van der Waals surface area contributed by atoms with Gasteiger partial charge in [0.2, 0.25) is 15.8 Å². The molecule has 0 spiro atoms. The van der Waals surface area contributed by atoms with Gasteiger partial charge in [0, 0.05) is 49.4 Å². The standard InChI is InChI=1S/C17H18ClN3O7S/c1-27-15-10-16(28-13-7-11(18)6-12(22)8-13)17(9-14(15)21(23)24)29(25,26)20-4-2-19-3-5-20/h6-10,19,22H,2-5H2,1H3. The number of nitrogens with zero attached hydrogens (tertiary/aromatic N) is 2. The molecular weight excluding hydrogens is 426 g/mol. The third kappa shape index (κ3) is 4.53. The van der Waals surface area contributed by atoms with Crippen LogP contribution in [-0.2, 0) is 10.0 Å². The van der Waals surface area contributed by atoms with Crippen molar-refractivity contribution < 1.29 is 27.9 Å². The molecule has 2 aromatic carbocycles. The number of hydrogen-bond acceptors (Lipinski definition) is 8. The first-order chi connectivity index (χ1) is 13.7. The van der Waals surface area contributed by atoms with E-state index in [0.29, 0.717) is 13.1 Å². The van der Waals surface area contributed by atoms with Crippen molar-refractivity contribution in [1.29, 1.82) is 0 Å². The summed E-state index contributed by atoms with van der Waals surface area (Å²) in [7, 11) is -2.88. The predicted octanol–water partition coefficient (Wildman–Crippen LogP) is 2.35. The minimum absolute atomic E-state index is 0.0580. The maximum Gasteiger partial charge on any atom is 0.312 e. The number of halogens is 1. The third-order valence-corrected chi connectivity index (χ3v) is 6.36. The zero-order valence-corrected chi connectivity index (χ0v) is 16.9. The smallest absolute Gasteiger partial charge is 0.312 e. The van der Waals surface area contributed by atoms with E-state index in [1.54, 1.807) is 0 Å². The lowest BCUT2D eigenvalue weighted by Gasteiger charge is -2.27. The number of methoxy groups -OCH3 is 1. The first kappa shape index (κ1) is 21.1. The van der Waals surface area contributed by atoms with E-state index in [2.05, 4.69) is 5.32 Å². The van der Waals surface area contributed by atoms with E-state index in [9.17, 15) is 23.6 Å². The minimum atomic E-state index is -4.10. The Morgan fingerprint density at radius 3 is 2.45 bits per heavy atom. The van der Waals surface area contributed by atoms with Crippen LogP contribution in [0.15, 0.2) is 35.2 Å². The van der Waals surface area contributed by atoms with Crippen molar-refractivity contribution in [3.63, 3.8) is 0 Å². The van der Waals surface area contributed by atoms with Crippen LogP contribution in [0.5, 0.6) is 23.0 Å². The van der Waals surface area contributed by atoms with Crippen molar-refractivity contribution in [3.05, 3.63) is 45.5 Å². The SMILES string of the molecule is COc1cc(Oc2cc(O)cc(Cl)c2)c(S(=O)(=O)N2CCNCC2)cc1[N+](=O)[O-]. The van der Waals surface area contributed by atoms with Crippen molar-refractivity contribution in [3.8, 4) is 23.0 Å². The van der Waals surface area contributed by atoms with Gasteiger partial charge in [0.15, 0.2) is 5.75 Å². The van der Waals surface area contributed by atoms with E-state index < -0.39 is 20.6 Å². The van der Waals surface area contributed by atoms with Crippen molar-refractivity contribution in [2.45, 2.75) is 4.90 Å². The largest absolute Gasteiger partial charge is 0.508 e. The molecule has 0 atom stereocenters. The molecule has 0 aromatic heterocycles. The van der Waals surface area contributed by atoms with Crippen LogP contribution in [-0.4, -0.2) is 56.0 Å². The highest BCUT2D eigenvalue weighted by Crippen LogP contribution is 2.41. The van der Waals surface area contributed by atoms with Crippen LogP contribution < -0.4 is 14.8 Å². The Labute approximate surface area is 171 Å². The number of aromatic hydroxyl groups is 1. The van der Waals surface area contributed by atoms with Crippen LogP contribution in [0.3, 0.4) is 0 Å². The number of phenolic OH excluding ortho intramolecular Hbond substituents is 1. The number of hydrogen-bond donors (Lipinski definition) is 2. The average molecular weight is 444 g/mol. The highest BCUT2D eigenvalue weighted by molar-refractivity contribution is 7.89. The number of piperazine rings is 1. The molecule has 1 heterocycles. The number of nitro groups is 1. The topological polar surface area (TPSA) is 131 Å². The van der Waals surface area contributed by atoms with Gasteiger partial charge < -0.3 is 19.9 Å². The van der Waals surface area contributed by atoms with Gasteiger partial charge in [0.1, 0.15) is 16.4 Å². The summed E-state index contributed by atoms with van der Waals surface area (Å²) in [6, 6.07) is 5.93. The molecule has 3 rings (SSSR count). The number of phenols is 1. The average Bonchev–Trinajstić information content (AvgIpc) is 2.67. The molecule has 0 bridgehead atoms. The number of benzene rings is 2. The molecule has 2 aromatic rings. The predicted molar refractivity (Wildman–Crippen MR) is 104 cm³/mol. The van der Waals surface area contributed by atoms with E-state index in [1.807, 2.05) is 0 Å². The Morgan fingerprint density at radius 1 is 1.17 bits per heavy atom. The summed E-state index contributed by atoms with van der Waals surface area (Å²) in [5, 5.41) is 24.3. The quantitative estimate of drug-likeness (QED) is 0.513. The highest BCUT2D eigenvalue weighted by Gasteiger charge is 2.33. The monoisotopic (exact) mass is 443 g/mol. The van der Waals surface area contributed by atoms with E-state index >= 15 is 0 Å². The Morgan fingerprint density at radius 2 is 1.86 bits per heavy atom. The van der Waals surface area contributed by atoms with E-state index in [0.717, 1.165) is 12.1 Å². The van der Waals surface area contributed by atoms with Crippen LogP contribution in [0.25, 0.3) is 0 Å². The summed E-state index contributed by atoms with van der Waals surface area (Å²) in [4.78, 5) is 10.3. The lowest BCUT2D eigenvalue weighted by molar-refractivity contribution is -0.386. The van der Waals surface area contributed by atoms with Gasteiger partial charge in [0.05, 0.1) is 12.0 Å². The summed E-state index contributed by atoms with van der Waals surface area (Å²) < 4.78 is 38.3. The van der Waals surface area contributed by atoms with Gasteiger partial charge in [-0.3, -0.25) is 10.1 Å². The lowest BCUT2D eigenvalue weighted by Crippen LogP contribution is -2.46. The van der Waals surface area contributed by atoms with Gasteiger partial charge >= 0.3 is 5.69 Å². The number of sulfonamides is 1. The molecule has 1 aliphatic heterocycles. The fraction of sp³-hybridized carbons (Fsp3) is 0.294. The zero-order valence-electron chi connectivity index (χ0n) is 15.3. The Hall–Kier alpha value is -2.60. The van der Waals surface area contributed by atoms with Gasteiger partial charge in [-0.2, -0.15) is 4.31 Å². The molecule has 1 fully saturated rings. The van der Waals surface area contributed by atoms with Crippen LogP contribution in [0.4, 0.5) is 5.69 Å². The Balaban J connectivity index is 2.15. The highest BCUT2D eigenvalue weighted by atomic mass is 35.5. The van der Waals surface area contributed by atoms with E-state index in [1.165, 1.54) is 29.6 Å². The molecule has 0 aliphatic carbocycles. The maximum atomic E-state index is 13.2. The van der Waals surface area contributed by atoms with Gasteiger partial charge in [0.25, 0.3) is 0 Å². The molecular formula is C17H18ClN3O7S. The summed E-state index contributed by atoms with van der Waals surface area (Å²) in [6.07, 6.45) is 0. The second-order valence-electron chi connectivity index (χ2n) is 6.13. The summed E-state index contributed by atoms with van der Waals surface area (Å²) in [5.74, 6) is -0.487. The molecule has 1 saturated heterocycles. The second-order valence-corrected chi connectivity index (χ2v) is 8.47. The van der Waals surface area contributed by atoms with Gasteiger partial charge in [-0.1, -0.05) is 11.6 Å². The van der Waals surface area contributed by atoms with E-state index in [4.69, 9.17) is 21.1 Å². The van der Waals surface area contributed by atoms with Crippen molar-refractivity contribution in [2.24, 2.45) is 0 Å². The second kappa shape index (κ2) is 8.41. The molecule has 10 nitrogen and oxygen atoms in total. The lowest BCUT2D eigenvalue weighted by atomic mass is 10.2. The molecule has 156 valence electrons. The molecule has 12 heteroatoms. The number of nitrogens with one attached hydrogen (secondary N) is 1. The molecule has 29 heavy (non-hydrogen) atoms. The molecule has 1 aliphatic rings. The van der Waals surface area contributed by atoms with Crippen LogP contribution in [0.1, 0.15) is 0 Å². The minimum Gasteiger partial charge on any atom is -0.508 e. The molecule has 0 amide bonds. The van der Waals surface area contributed by atoms with Crippen molar-refractivity contribution in [1.82, 2.24) is 9.62 Å².